The van der Waals surface area contributed by atoms with Gasteiger partial charge in [0.25, 0.3) is 5.91 Å². The van der Waals surface area contributed by atoms with Gasteiger partial charge in [0.05, 0.1) is 11.4 Å². The summed E-state index contributed by atoms with van der Waals surface area (Å²) in [5.74, 6) is -1.58. The first kappa shape index (κ1) is 17.7. The molecule has 0 saturated carbocycles. The van der Waals surface area contributed by atoms with Crippen LogP contribution in [0.1, 0.15) is 34.5 Å². The average Bonchev–Trinajstić information content (AvgIpc) is 2.90. The fourth-order valence-electron chi connectivity index (χ4n) is 3.34. The van der Waals surface area contributed by atoms with Crippen LogP contribution in [0.25, 0.3) is 10.9 Å². The van der Waals surface area contributed by atoms with Crippen molar-refractivity contribution in [1.29, 1.82) is 0 Å². The van der Waals surface area contributed by atoms with E-state index in [0.29, 0.717) is 22.2 Å². The molecule has 0 fully saturated rings. The molecule has 0 spiro atoms. The summed E-state index contributed by atoms with van der Waals surface area (Å²) >= 11 is 0. The molecule has 134 valence electrons. The number of nitrogens with one attached hydrogen (secondary N) is 1. The quantitative estimate of drug-likeness (QED) is 0.758. The van der Waals surface area contributed by atoms with Gasteiger partial charge in [-0.25, -0.2) is 4.39 Å². The molecule has 2 N–H and O–H groups in total. The van der Waals surface area contributed by atoms with Crippen molar-refractivity contribution < 1.29 is 19.1 Å². The van der Waals surface area contributed by atoms with E-state index < -0.39 is 17.6 Å². The second kappa shape index (κ2) is 6.63. The minimum absolute atomic E-state index is 0.0400. The largest absolute Gasteiger partial charge is 0.508 e. The van der Waals surface area contributed by atoms with Crippen molar-refractivity contribution in [2.75, 3.05) is 7.05 Å². The normalized spacial score (nSPS) is 12.2. The fourth-order valence-corrected chi connectivity index (χ4v) is 3.34. The summed E-state index contributed by atoms with van der Waals surface area (Å²) in [5, 5.41) is 13.1. The Bertz CT molecular complexity index is 1020. The van der Waals surface area contributed by atoms with Crippen molar-refractivity contribution in [3.63, 3.8) is 0 Å². The Kier molecular flexibility index (Phi) is 4.50. The third-order valence-corrected chi connectivity index (χ3v) is 4.58. The summed E-state index contributed by atoms with van der Waals surface area (Å²) < 4.78 is 15.0. The van der Waals surface area contributed by atoms with Crippen molar-refractivity contribution in [2.24, 2.45) is 0 Å². The number of benzene rings is 2. The van der Waals surface area contributed by atoms with E-state index in [-0.39, 0.29) is 17.2 Å². The van der Waals surface area contributed by atoms with Crippen LogP contribution < -0.4 is 5.32 Å². The van der Waals surface area contributed by atoms with E-state index >= 15 is 0 Å². The third-order valence-electron chi connectivity index (χ3n) is 4.58. The fraction of sp³-hybridized carbons (Fsp3) is 0.200. The van der Waals surface area contributed by atoms with E-state index in [9.17, 15) is 19.1 Å². The maximum absolute atomic E-state index is 13.5. The SMILES string of the molecule is CNC(=O)C(C)c1c(C)n(C(=O)c2cccc(F)c2)c2ccc(O)cc12. The van der Waals surface area contributed by atoms with Crippen LogP contribution in [0, 0.1) is 12.7 Å². The van der Waals surface area contributed by atoms with E-state index in [2.05, 4.69) is 5.32 Å². The third kappa shape index (κ3) is 2.83. The lowest BCUT2D eigenvalue weighted by molar-refractivity contribution is -0.121. The van der Waals surface area contributed by atoms with E-state index in [1.165, 1.54) is 34.9 Å². The van der Waals surface area contributed by atoms with Crippen LogP contribution in [0.2, 0.25) is 0 Å². The minimum atomic E-state index is -0.522. The number of phenols is 1. The van der Waals surface area contributed by atoms with E-state index in [1.54, 1.807) is 33.0 Å². The highest BCUT2D eigenvalue weighted by Crippen LogP contribution is 2.34. The molecular formula is C20H19FN2O3. The zero-order valence-corrected chi connectivity index (χ0v) is 14.7. The van der Waals surface area contributed by atoms with Gasteiger partial charge in [-0.05, 0) is 55.8 Å². The molecule has 3 rings (SSSR count). The van der Waals surface area contributed by atoms with Crippen LogP contribution in [0.3, 0.4) is 0 Å². The van der Waals surface area contributed by atoms with Crippen molar-refractivity contribution in [2.45, 2.75) is 19.8 Å². The average molecular weight is 354 g/mol. The number of likely N-dealkylation sites (N-methyl/N-ethyl adjacent to an activating group) is 1. The van der Waals surface area contributed by atoms with Gasteiger partial charge in [0.1, 0.15) is 11.6 Å². The highest BCUT2D eigenvalue weighted by Gasteiger charge is 2.26. The van der Waals surface area contributed by atoms with Crippen molar-refractivity contribution in [1.82, 2.24) is 9.88 Å². The Morgan fingerprint density at radius 1 is 1.19 bits per heavy atom. The van der Waals surface area contributed by atoms with Crippen LogP contribution in [0.15, 0.2) is 42.5 Å². The van der Waals surface area contributed by atoms with Crippen LogP contribution in [0.4, 0.5) is 4.39 Å². The van der Waals surface area contributed by atoms with Crippen molar-refractivity contribution in [3.8, 4) is 5.75 Å². The number of carbonyl (C=O) groups excluding carboxylic acids is 2. The second-order valence-corrected chi connectivity index (χ2v) is 6.19. The first-order valence-electron chi connectivity index (χ1n) is 8.21. The number of nitrogens with zero attached hydrogens (tertiary/aromatic N) is 1. The lowest BCUT2D eigenvalue weighted by atomic mass is 9.97. The summed E-state index contributed by atoms with van der Waals surface area (Å²) in [6, 6.07) is 10.1. The molecule has 0 aliphatic heterocycles. The highest BCUT2D eigenvalue weighted by atomic mass is 19.1. The van der Waals surface area contributed by atoms with Gasteiger partial charge in [-0.3, -0.25) is 14.2 Å². The Balaban J connectivity index is 2.28. The smallest absolute Gasteiger partial charge is 0.262 e. The Hall–Kier alpha value is -3.15. The van der Waals surface area contributed by atoms with Gasteiger partial charge in [0.2, 0.25) is 5.91 Å². The van der Waals surface area contributed by atoms with Gasteiger partial charge < -0.3 is 10.4 Å². The molecule has 0 aliphatic rings. The number of aromatic nitrogens is 1. The zero-order chi connectivity index (χ0) is 19.0. The number of aromatic hydroxyl groups is 1. The predicted molar refractivity (Wildman–Crippen MR) is 97.0 cm³/mol. The number of phenolic OH excluding ortho intramolecular Hbond substituents is 1. The van der Waals surface area contributed by atoms with Crippen LogP contribution in [-0.2, 0) is 4.79 Å². The van der Waals surface area contributed by atoms with Gasteiger partial charge in [0, 0.05) is 23.7 Å². The molecule has 6 heteroatoms. The van der Waals surface area contributed by atoms with Gasteiger partial charge >= 0.3 is 0 Å². The predicted octanol–water partition coefficient (Wildman–Crippen LogP) is 3.33. The Morgan fingerprint density at radius 3 is 2.58 bits per heavy atom. The van der Waals surface area contributed by atoms with Gasteiger partial charge in [0.15, 0.2) is 0 Å². The van der Waals surface area contributed by atoms with Gasteiger partial charge in [-0.2, -0.15) is 0 Å². The lowest BCUT2D eigenvalue weighted by Crippen LogP contribution is -2.24. The summed E-state index contributed by atoms with van der Waals surface area (Å²) in [5.41, 5.74) is 1.99. The topological polar surface area (TPSA) is 71.3 Å². The molecule has 2 aromatic carbocycles. The number of halogens is 1. The number of amides is 1. The van der Waals surface area contributed by atoms with Crippen LogP contribution in [0.5, 0.6) is 5.75 Å². The number of rotatable bonds is 3. The summed E-state index contributed by atoms with van der Waals surface area (Å²) in [6.45, 7) is 3.48. The standard InChI is InChI=1S/C20H19FN2O3/c1-11(19(25)22-3)18-12(2)23(17-8-7-15(24)10-16(17)18)20(26)13-5-4-6-14(21)9-13/h4-11,24H,1-3H3,(H,22,25). The van der Waals surface area contributed by atoms with Gasteiger partial charge in [-0.1, -0.05) is 6.07 Å². The molecule has 0 bridgehead atoms. The molecule has 1 aromatic heterocycles. The van der Waals surface area contributed by atoms with Crippen molar-refractivity contribution >= 4 is 22.7 Å². The molecule has 1 unspecified atom stereocenters. The molecule has 1 atom stereocenters. The zero-order valence-electron chi connectivity index (χ0n) is 14.7. The molecule has 26 heavy (non-hydrogen) atoms. The lowest BCUT2D eigenvalue weighted by Gasteiger charge is -2.12. The van der Waals surface area contributed by atoms with E-state index in [0.717, 1.165) is 0 Å². The van der Waals surface area contributed by atoms with Gasteiger partial charge in [-0.15, -0.1) is 0 Å². The maximum atomic E-state index is 13.5. The maximum Gasteiger partial charge on any atom is 0.262 e. The summed E-state index contributed by atoms with van der Waals surface area (Å²) in [7, 11) is 1.54. The molecule has 0 saturated heterocycles. The van der Waals surface area contributed by atoms with E-state index in [4.69, 9.17) is 0 Å². The van der Waals surface area contributed by atoms with Crippen LogP contribution >= 0.6 is 0 Å². The monoisotopic (exact) mass is 354 g/mol. The molecule has 0 radical (unpaired) electrons. The minimum Gasteiger partial charge on any atom is -0.508 e. The molecule has 1 heterocycles. The Morgan fingerprint density at radius 2 is 1.92 bits per heavy atom. The number of carbonyl (C=O) groups is 2. The summed E-state index contributed by atoms with van der Waals surface area (Å²) in [6.07, 6.45) is 0. The molecule has 1 amide bonds. The molecular weight excluding hydrogens is 335 g/mol. The molecule has 5 nitrogen and oxygen atoms in total. The molecule has 3 aromatic rings. The number of hydrogen-bond acceptors (Lipinski definition) is 3. The first-order valence-corrected chi connectivity index (χ1v) is 8.21. The second-order valence-electron chi connectivity index (χ2n) is 6.19. The summed E-state index contributed by atoms with van der Waals surface area (Å²) in [4.78, 5) is 25.2. The van der Waals surface area contributed by atoms with Crippen molar-refractivity contribution in [3.05, 3.63) is 65.1 Å². The first-order chi connectivity index (χ1) is 12.3. The Labute approximate surface area is 150 Å². The van der Waals surface area contributed by atoms with E-state index in [1.807, 2.05) is 0 Å². The number of hydrogen-bond donors (Lipinski definition) is 2. The highest BCUT2D eigenvalue weighted by molar-refractivity contribution is 6.05. The molecule has 0 aliphatic carbocycles. The van der Waals surface area contributed by atoms with Crippen LogP contribution in [-0.4, -0.2) is 28.5 Å². The number of fused-ring (bicyclic) bond motifs is 1.